The van der Waals surface area contributed by atoms with E-state index in [4.69, 9.17) is 9.97 Å². The first kappa shape index (κ1) is 23.8. The molecule has 4 atom stereocenters. The van der Waals surface area contributed by atoms with Gasteiger partial charge in [-0.1, -0.05) is 19.1 Å². The number of aryl methyl sites for hydroxylation is 1. The third-order valence-electron chi connectivity index (χ3n) is 7.33. The Labute approximate surface area is 215 Å². The number of aromatic amines is 1. The number of aromatic nitrogens is 5. The van der Waals surface area contributed by atoms with Crippen LogP contribution in [0.2, 0.25) is 0 Å². The Balaban J connectivity index is 1.23. The summed E-state index contributed by atoms with van der Waals surface area (Å²) in [5.74, 6) is 2.08. The zero-order valence-electron chi connectivity index (χ0n) is 20.8. The van der Waals surface area contributed by atoms with E-state index in [-0.39, 0.29) is 22.9 Å². The third-order valence-corrected chi connectivity index (χ3v) is 9.67. The van der Waals surface area contributed by atoms with Crippen molar-refractivity contribution in [3.63, 3.8) is 0 Å². The van der Waals surface area contributed by atoms with Crippen molar-refractivity contribution in [1.82, 2.24) is 30.5 Å². The highest BCUT2D eigenvalue weighted by atomic mass is 32.2. The number of para-hydroxylation sites is 1. The van der Waals surface area contributed by atoms with Crippen LogP contribution in [0.3, 0.4) is 0 Å². The number of nitrogens with one attached hydrogen (secondary N) is 4. The standard InChI is InChI=1S/C26H30N8O2S/c1-16-10-18(12-19-14-26(13-16,32-19)37(35,36)20-6-5-9-27-15-20)28-25-29-22-8-4-3-7-21(22)24(31-25)30-23-11-17(2)33-34-23/h3-9,11,15-16,18-19,32H,10,12-14H2,1-2H3,(H3,28,29,30,31,33,34)/t16-,18+,19+,26?/m1/s1. The van der Waals surface area contributed by atoms with Crippen molar-refractivity contribution in [3.05, 3.63) is 60.6 Å². The second-order valence-corrected chi connectivity index (χ2v) is 12.6. The van der Waals surface area contributed by atoms with Crippen molar-refractivity contribution in [2.24, 2.45) is 5.92 Å². The molecule has 11 heteroatoms. The molecule has 2 aliphatic heterocycles. The summed E-state index contributed by atoms with van der Waals surface area (Å²) in [5, 5.41) is 18.4. The minimum atomic E-state index is -3.54. The molecule has 1 aliphatic carbocycles. The van der Waals surface area contributed by atoms with Crippen molar-refractivity contribution >= 4 is 38.3 Å². The number of rotatable bonds is 6. The predicted octanol–water partition coefficient (Wildman–Crippen LogP) is 3.93. The van der Waals surface area contributed by atoms with E-state index in [2.05, 4.69) is 38.1 Å². The summed E-state index contributed by atoms with van der Waals surface area (Å²) >= 11 is 0. The molecule has 3 aromatic heterocycles. The van der Waals surface area contributed by atoms with Crippen LogP contribution in [0.4, 0.5) is 17.6 Å². The predicted molar refractivity (Wildman–Crippen MR) is 142 cm³/mol. The molecule has 1 saturated carbocycles. The Morgan fingerprint density at radius 3 is 2.68 bits per heavy atom. The molecule has 1 aromatic carbocycles. The van der Waals surface area contributed by atoms with E-state index in [1.807, 2.05) is 37.3 Å². The molecule has 2 bridgehead atoms. The molecule has 3 fully saturated rings. The second-order valence-electron chi connectivity index (χ2n) is 10.3. The summed E-state index contributed by atoms with van der Waals surface area (Å²) in [7, 11) is -3.54. The molecular formula is C26H30N8O2S. The molecule has 7 rings (SSSR count). The van der Waals surface area contributed by atoms with Crippen LogP contribution in [0.15, 0.2) is 59.8 Å². The topological polar surface area (TPSA) is 138 Å². The molecule has 2 saturated heterocycles. The van der Waals surface area contributed by atoms with Gasteiger partial charge in [0.1, 0.15) is 10.7 Å². The van der Waals surface area contributed by atoms with Gasteiger partial charge in [0, 0.05) is 41.6 Å². The van der Waals surface area contributed by atoms with E-state index in [1.165, 1.54) is 6.20 Å². The van der Waals surface area contributed by atoms with Gasteiger partial charge in [-0.3, -0.25) is 15.4 Å². The fraction of sp³-hybridized carbons (Fsp3) is 0.385. The van der Waals surface area contributed by atoms with Gasteiger partial charge in [-0.15, -0.1) is 0 Å². The van der Waals surface area contributed by atoms with Crippen LogP contribution in [0.1, 0.15) is 38.3 Å². The Hall–Kier alpha value is -3.57. The number of fused-ring (bicyclic) bond motifs is 5. The van der Waals surface area contributed by atoms with Crippen molar-refractivity contribution in [1.29, 1.82) is 0 Å². The maximum Gasteiger partial charge on any atom is 0.225 e. The zero-order valence-corrected chi connectivity index (χ0v) is 21.6. The minimum absolute atomic E-state index is 0.0986. The van der Waals surface area contributed by atoms with E-state index < -0.39 is 14.7 Å². The number of nitrogens with zero attached hydrogens (tertiary/aromatic N) is 4. The normalized spacial score (nSPS) is 25.6. The molecule has 0 spiro atoms. The average Bonchev–Trinajstić information content (AvgIpc) is 3.26. The highest BCUT2D eigenvalue weighted by Crippen LogP contribution is 2.44. The molecule has 1 unspecified atom stereocenters. The number of hydrogen-bond donors (Lipinski definition) is 4. The van der Waals surface area contributed by atoms with Gasteiger partial charge in [0.2, 0.25) is 5.95 Å². The average molecular weight is 519 g/mol. The number of anilines is 3. The molecule has 0 radical (unpaired) electrons. The van der Waals surface area contributed by atoms with E-state index in [0.29, 0.717) is 30.4 Å². The fourth-order valence-electron chi connectivity index (χ4n) is 5.77. The van der Waals surface area contributed by atoms with Gasteiger partial charge in [0.05, 0.1) is 10.4 Å². The van der Waals surface area contributed by atoms with E-state index >= 15 is 0 Å². The summed E-state index contributed by atoms with van der Waals surface area (Å²) in [6, 6.07) is 13.3. The monoisotopic (exact) mass is 518 g/mol. The molecule has 10 nitrogen and oxygen atoms in total. The van der Waals surface area contributed by atoms with Gasteiger partial charge in [-0.2, -0.15) is 10.1 Å². The number of H-pyrrole nitrogens is 1. The number of benzene rings is 1. The Morgan fingerprint density at radius 1 is 1.08 bits per heavy atom. The Morgan fingerprint density at radius 2 is 1.92 bits per heavy atom. The highest BCUT2D eigenvalue weighted by Gasteiger charge is 2.56. The summed E-state index contributed by atoms with van der Waals surface area (Å²) in [5.41, 5.74) is 1.79. The SMILES string of the molecule is Cc1cc(Nc2nc(N[C@H]3C[C@@H](C)CC4(S(=O)(=O)c5cccnc5)C[C@H](C3)N4)nc3ccccc23)n[nH]1. The summed E-state index contributed by atoms with van der Waals surface area (Å²) < 4.78 is 27.0. The second kappa shape index (κ2) is 9.07. The lowest BCUT2D eigenvalue weighted by Crippen LogP contribution is -2.69. The van der Waals surface area contributed by atoms with Crippen LogP contribution in [-0.2, 0) is 9.84 Å². The summed E-state index contributed by atoms with van der Waals surface area (Å²) in [4.78, 5) is 13.0. The molecule has 5 heterocycles. The van der Waals surface area contributed by atoms with Crippen molar-refractivity contribution < 1.29 is 8.42 Å². The van der Waals surface area contributed by atoms with E-state index in [1.54, 1.807) is 18.3 Å². The summed E-state index contributed by atoms with van der Waals surface area (Å²) in [6.07, 6.45) is 5.77. The van der Waals surface area contributed by atoms with Crippen LogP contribution < -0.4 is 16.0 Å². The Bertz CT molecular complexity index is 1530. The first-order valence-corrected chi connectivity index (χ1v) is 14.0. The molecule has 192 valence electrons. The first-order chi connectivity index (χ1) is 17.8. The van der Waals surface area contributed by atoms with Crippen LogP contribution in [-0.4, -0.2) is 50.5 Å². The molecule has 0 amide bonds. The third kappa shape index (κ3) is 4.42. The van der Waals surface area contributed by atoms with Gasteiger partial charge in [0.15, 0.2) is 15.7 Å². The molecule has 4 N–H and O–H groups in total. The van der Waals surface area contributed by atoms with Gasteiger partial charge in [-0.25, -0.2) is 13.4 Å². The van der Waals surface area contributed by atoms with Gasteiger partial charge in [0.25, 0.3) is 0 Å². The minimum Gasteiger partial charge on any atom is -0.351 e. The van der Waals surface area contributed by atoms with Gasteiger partial charge < -0.3 is 10.6 Å². The molecule has 3 aliphatic rings. The lowest BCUT2D eigenvalue weighted by Gasteiger charge is -2.52. The van der Waals surface area contributed by atoms with Crippen LogP contribution in [0, 0.1) is 12.8 Å². The number of sulfone groups is 1. The molecule has 4 aromatic rings. The smallest absolute Gasteiger partial charge is 0.225 e. The van der Waals surface area contributed by atoms with Crippen molar-refractivity contribution in [2.45, 2.75) is 61.4 Å². The number of hydrogen-bond acceptors (Lipinski definition) is 9. The van der Waals surface area contributed by atoms with E-state index in [0.717, 1.165) is 29.4 Å². The maximum atomic E-state index is 13.5. The zero-order chi connectivity index (χ0) is 25.6. The number of pyridine rings is 1. The first-order valence-electron chi connectivity index (χ1n) is 12.6. The van der Waals surface area contributed by atoms with Crippen molar-refractivity contribution in [2.75, 3.05) is 10.6 Å². The highest BCUT2D eigenvalue weighted by molar-refractivity contribution is 7.92. The van der Waals surface area contributed by atoms with Crippen LogP contribution >= 0.6 is 0 Å². The Kier molecular flexibility index (Phi) is 5.84. The largest absolute Gasteiger partial charge is 0.351 e. The molecular weight excluding hydrogens is 488 g/mol. The van der Waals surface area contributed by atoms with Gasteiger partial charge in [-0.05, 0) is 62.8 Å². The van der Waals surface area contributed by atoms with Gasteiger partial charge >= 0.3 is 0 Å². The maximum absolute atomic E-state index is 13.5. The fourth-order valence-corrected chi connectivity index (χ4v) is 7.93. The lowest BCUT2D eigenvalue weighted by atomic mass is 9.78. The van der Waals surface area contributed by atoms with Crippen LogP contribution in [0.5, 0.6) is 0 Å². The van der Waals surface area contributed by atoms with Crippen LogP contribution in [0.25, 0.3) is 10.9 Å². The molecule has 37 heavy (non-hydrogen) atoms. The summed E-state index contributed by atoms with van der Waals surface area (Å²) in [6.45, 7) is 4.06. The van der Waals surface area contributed by atoms with E-state index in [9.17, 15) is 8.42 Å². The van der Waals surface area contributed by atoms with Crippen molar-refractivity contribution in [3.8, 4) is 0 Å². The quantitative estimate of drug-likeness (QED) is 0.299. The lowest BCUT2D eigenvalue weighted by molar-refractivity contribution is 0.139.